The van der Waals surface area contributed by atoms with E-state index < -0.39 is 18.0 Å². The third-order valence-corrected chi connectivity index (χ3v) is 8.06. The minimum absolute atomic E-state index is 0.176. The van der Waals surface area contributed by atoms with Crippen LogP contribution in [0.5, 0.6) is 5.75 Å². The number of nitrogens with zero attached hydrogens (tertiary/aromatic N) is 1. The predicted molar refractivity (Wildman–Crippen MR) is 146 cm³/mol. The molecule has 5 nitrogen and oxygen atoms in total. The quantitative estimate of drug-likeness (QED) is 0.358. The van der Waals surface area contributed by atoms with Gasteiger partial charge in [-0.25, -0.2) is 4.39 Å². The maximum atomic E-state index is 15.0. The number of hydrogen-bond acceptors (Lipinski definition) is 4. The smallest absolute Gasteiger partial charge is 0.309 e. The fourth-order valence-electron chi connectivity index (χ4n) is 5.62. The van der Waals surface area contributed by atoms with E-state index in [0.29, 0.717) is 16.9 Å². The fraction of sp³-hybridized carbons (Fsp3) is 0.406. The number of halogens is 1. The molecule has 2 aliphatic heterocycles. The molecule has 2 heterocycles. The van der Waals surface area contributed by atoms with E-state index in [-0.39, 0.29) is 11.9 Å². The highest BCUT2D eigenvalue weighted by Crippen LogP contribution is 2.39. The average molecular weight is 518 g/mol. The maximum absolute atomic E-state index is 15.0. The van der Waals surface area contributed by atoms with Crippen molar-refractivity contribution in [3.63, 3.8) is 0 Å². The van der Waals surface area contributed by atoms with Gasteiger partial charge in [0.1, 0.15) is 17.7 Å². The van der Waals surface area contributed by atoms with Crippen LogP contribution in [-0.2, 0) is 24.2 Å². The Bertz CT molecular complexity index is 1320. The first-order valence-corrected chi connectivity index (χ1v) is 13.7. The lowest BCUT2D eigenvalue weighted by Gasteiger charge is -2.29. The number of aliphatic hydroxyl groups is 1. The molecule has 6 heteroatoms. The Hall–Kier alpha value is -3.22. The Kier molecular flexibility index (Phi) is 7.82. The van der Waals surface area contributed by atoms with Gasteiger partial charge >= 0.3 is 5.97 Å². The highest BCUT2D eigenvalue weighted by atomic mass is 19.1. The summed E-state index contributed by atoms with van der Waals surface area (Å²) in [4.78, 5) is 13.8. The van der Waals surface area contributed by atoms with E-state index in [1.165, 1.54) is 19.8 Å². The van der Waals surface area contributed by atoms with Crippen molar-refractivity contribution in [3.8, 4) is 16.9 Å². The molecule has 0 aliphatic carbocycles. The molecule has 3 aromatic carbocycles. The second-order valence-electron chi connectivity index (χ2n) is 10.7. The van der Waals surface area contributed by atoms with E-state index in [1.54, 1.807) is 18.2 Å². The molecule has 0 amide bonds. The van der Waals surface area contributed by atoms with Gasteiger partial charge in [-0.15, -0.1) is 0 Å². The third kappa shape index (κ3) is 5.47. The van der Waals surface area contributed by atoms with Gasteiger partial charge in [0.25, 0.3) is 0 Å². The number of aliphatic hydroxyl groups excluding tert-OH is 1. The van der Waals surface area contributed by atoms with E-state index >= 15 is 4.39 Å². The molecule has 0 bridgehead atoms. The van der Waals surface area contributed by atoms with Gasteiger partial charge in [0.2, 0.25) is 0 Å². The van der Waals surface area contributed by atoms with Crippen LogP contribution in [0.2, 0.25) is 0 Å². The molecule has 200 valence electrons. The number of aryl methyl sites for hydroxylation is 2. The van der Waals surface area contributed by atoms with Crippen molar-refractivity contribution in [3.05, 3.63) is 88.2 Å². The standard InChI is InChI=1S/C32H36FNO4/c1-3-21-6-12-28(33)27(16-21)26-11-9-23(17-25(26)19-34-14-4-5-15-34)29-13-10-22-7-8-24(18-30(22)38-29)31(35)20(2)32(36)37/h6-9,11-12,16-18,20,29,31,35H,3-5,10,13-15,19H2,1-2H3,(H,36,37)/t20-,29?,31+/m0/s1. The van der Waals surface area contributed by atoms with E-state index in [9.17, 15) is 15.0 Å². The Morgan fingerprint density at radius 2 is 1.87 bits per heavy atom. The van der Waals surface area contributed by atoms with Gasteiger partial charge in [-0.3, -0.25) is 9.69 Å². The van der Waals surface area contributed by atoms with Crippen molar-refractivity contribution in [2.24, 2.45) is 5.92 Å². The van der Waals surface area contributed by atoms with Gasteiger partial charge in [-0.2, -0.15) is 0 Å². The van der Waals surface area contributed by atoms with Crippen molar-refractivity contribution in [1.82, 2.24) is 4.90 Å². The fourth-order valence-corrected chi connectivity index (χ4v) is 5.62. The minimum Gasteiger partial charge on any atom is -0.485 e. The Morgan fingerprint density at radius 3 is 2.61 bits per heavy atom. The number of likely N-dealkylation sites (tertiary alicyclic amines) is 1. The van der Waals surface area contributed by atoms with Crippen LogP contribution < -0.4 is 4.74 Å². The molecule has 38 heavy (non-hydrogen) atoms. The summed E-state index contributed by atoms with van der Waals surface area (Å²) in [6.07, 6.45) is 3.57. The zero-order valence-electron chi connectivity index (χ0n) is 22.1. The van der Waals surface area contributed by atoms with Crippen LogP contribution in [0.25, 0.3) is 11.1 Å². The number of rotatable bonds is 8. The van der Waals surface area contributed by atoms with Gasteiger partial charge < -0.3 is 14.9 Å². The number of benzene rings is 3. The SMILES string of the molecule is CCc1ccc(F)c(-c2ccc(C3CCc4ccc([C@H](O)[C@H](C)C(=O)O)cc4O3)cc2CN2CCCC2)c1. The predicted octanol–water partition coefficient (Wildman–Crippen LogP) is 6.47. The number of hydrogen-bond donors (Lipinski definition) is 2. The summed E-state index contributed by atoms with van der Waals surface area (Å²) in [5, 5.41) is 19.8. The number of aliphatic carboxylic acids is 1. The van der Waals surface area contributed by atoms with E-state index in [1.807, 2.05) is 30.3 Å². The van der Waals surface area contributed by atoms with Crippen molar-refractivity contribution in [1.29, 1.82) is 0 Å². The number of fused-ring (bicyclic) bond motifs is 1. The second-order valence-corrected chi connectivity index (χ2v) is 10.7. The molecule has 0 saturated carbocycles. The van der Waals surface area contributed by atoms with Crippen molar-refractivity contribution >= 4 is 5.97 Å². The molecule has 1 saturated heterocycles. The molecule has 2 N–H and O–H groups in total. The van der Waals surface area contributed by atoms with Gasteiger partial charge in [0.05, 0.1) is 12.0 Å². The first kappa shape index (κ1) is 26.4. The summed E-state index contributed by atoms with van der Waals surface area (Å²) in [5.41, 5.74) is 6.42. The molecule has 0 aromatic heterocycles. The monoisotopic (exact) mass is 517 g/mol. The van der Waals surface area contributed by atoms with Crippen molar-refractivity contribution < 1.29 is 24.1 Å². The van der Waals surface area contributed by atoms with E-state index in [2.05, 4.69) is 17.9 Å². The number of ether oxygens (including phenoxy) is 1. The molecule has 0 radical (unpaired) electrons. The van der Waals surface area contributed by atoms with Crippen molar-refractivity contribution in [2.45, 2.75) is 64.7 Å². The van der Waals surface area contributed by atoms with Gasteiger partial charge in [-0.1, -0.05) is 43.3 Å². The topological polar surface area (TPSA) is 70.0 Å². The normalized spacial score (nSPS) is 19.0. The van der Waals surface area contributed by atoms with Crippen LogP contribution in [0.1, 0.15) is 73.1 Å². The molecule has 0 spiro atoms. The summed E-state index contributed by atoms with van der Waals surface area (Å²) >= 11 is 0. The van der Waals surface area contributed by atoms with E-state index in [4.69, 9.17) is 4.74 Å². The highest BCUT2D eigenvalue weighted by molar-refractivity contribution is 5.71. The first-order valence-electron chi connectivity index (χ1n) is 13.7. The van der Waals surface area contributed by atoms with Gasteiger partial charge in [0, 0.05) is 12.1 Å². The maximum Gasteiger partial charge on any atom is 0.309 e. The first-order chi connectivity index (χ1) is 18.3. The number of carboxylic acid groups (broad SMARTS) is 1. The zero-order valence-corrected chi connectivity index (χ0v) is 22.1. The van der Waals surface area contributed by atoms with Crippen LogP contribution in [-0.4, -0.2) is 34.2 Å². The van der Waals surface area contributed by atoms with Crippen LogP contribution in [0.4, 0.5) is 4.39 Å². The lowest BCUT2D eigenvalue weighted by molar-refractivity contribution is -0.145. The average Bonchev–Trinajstić information content (AvgIpc) is 3.45. The number of carboxylic acids is 1. The molecule has 2 aliphatic rings. The lowest BCUT2D eigenvalue weighted by atomic mass is 9.90. The molecule has 1 fully saturated rings. The highest BCUT2D eigenvalue weighted by Gasteiger charge is 2.27. The minimum atomic E-state index is -1.11. The lowest BCUT2D eigenvalue weighted by Crippen LogP contribution is -2.21. The van der Waals surface area contributed by atoms with Gasteiger partial charge in [-0.05, 0) is 104 Å². The summed E-state index contributed by atoms with van der Waals surface area (Å²) in [6.45, 7) is 6.45. The molecule has 5 rings (SSSR count). The summed E-state index contributed by atoms with van der Waals surface area (Å²) in [6, 6.07) is 17.1. The van der Waals surface area contributed by atoms with Crippen LogP contribution in [0.3, 0.4) is 0 Å². The zero-order chi connectivity index (χ0) is 26.8. The largest absolute Gasteiger partial charge is 0.485 e. The Labute approximate surface area is 223 Å². The van der Waals surface area contributed by atoms with E-state index in [0.717, 1.165) is 66.7 Å². The molecule has 3 aromatic rings. The second kappa shape index (κ2) is 11.3. The number of carbonyl (C=O) groups is 1. The van der Waals surface area contributed by atoms with Crippen molar-refractivity contribution in [2.75, 3.05) is 13.1 Å². The molecule has 1 unspecified atom stereocenters. The summed E-state index contributed by atoms with van der Waals surface area (Å²) < 4.78 is 21.5. The third-order valence-electron chi connectivity index (χ3n) is 8.06. The Morgan fingerprint density at radius 1 is 1.08 bits per heavy atom. The Balaban J connectivity index is 1.46. The molecular formula is C32H36FNO4. The molecular weight excluding hydrogens is 481 g/mol. The summed E-state index contributed by atoms with van der Waals surface area (Å²) in [5.74, 6) is -1.48. The summed E-state index contributed by atoms with van der Waals surface area (Å²) in [7, 11) is 0. The molecule has 3 atom stereocenters. The van der Waals surface area contributed by atoms with Crippen LogP contribution in [0.15, 0.2) is 54.6 Å². The van der Waals surface area contributed by atoms with Crippen LogP contribution in [0, 0.1) is 11.7 Å². The van der Waals surface area contributed by atoms with Crippen LogP contribution >= 0.6 is 0 Å². The van der Waals surface area contributed by atoms with Gasteiger partial charge in [0.15, 0.2) is 0 Å².